The Bertz CT molecular complexity index is 765. The summed E-state index contributed by atoms with van der Waals surface area (Å²) in [5.74, 6) is -2.06. The second kappa shape index (κ2) is 8.53. The molecule has 0 fully saturated rings. The fourth-order valence-electron chi connectivity index (χ4n) is 2.99. The maximum atomic E-state index is 12.6. The molecule has 0 amide bonds. The summed E-state index contributed by atoms with van der Waals surface area (Å²) < 4.78 is 10.3. The monoisotopic (exact) mass is 361 g/mol. The lowest BCUT2D eigenvalue weighted by atomic mass is 9.80. The molecule has 0 saturated carbocycles. The van der Waals surface area contributed by atoms with E-state index in [1.165, 1.54) is 12.1 Å². The first-order valence-corrected chi connectivity index (χ1v) is 8.39. The van der Waals surface area contributed by atoms with Gasteiger partial charge in [0.25, 0.3) is 0 Å². The molecule has 1 aromatic rings. The molecule has 26 heavy (non-hydrogen) atoms. The summed E-state index contributed by atoms with van der Waals surface area (Å²) in [5, 5.41) is 22.5. The van der Waals surface area contributed by atoms with E-state index < -0.39 is 24.5 Å². The van der Waals surface area contributed by atoms with Crippen molar-refractivity contribution in [3.05, 3.63) is 52.4 Å². The third-order valence-corrected chi connectivity index (χ3v) is 4.00. The Labute approximate surface area is 151 Å². The van der Waals surface area contributed by atoms with E-state index in [-0.39, 0.29) is 35.8 Å². The average Bonchev–Trinajstić information content (AvgIpc) is 2.60. The van der Waals surface area contributed by atoms with E-state index in [4.69, 9.17) is 9.47 Å². The van der Waals surface area contributed by atoms with Crippen LogP contribution in [0.3, 0.4) is 0 Å². The van der Waals surface area contributed by atoms with Gasteiger partial charge in [-0.3, -0.25) is 0 Å². The van der Waals surface area contributed by atoms with Crippen LogP contribution in [0.25, 0.3) is 0 Å². The number of carbonyl (C=O) groups is 2. The number of hydrogen-bond acceptors (Lipinski definition) is 7. The Balaban J connectivity index is 2.68. The molecule has 0 aromatic heterocycles. The zero-order valence-electron chi connectivity index (χ0n) is 15.0. The van der Waals surface area contributed by atoms with E-state index in [0.29, 0.717) is 11.3 Å². The normalized spacial score (nSPS) is 17.0. The predicted octanol–water partition coefficient (Wildman–Crippen LogP) is 1.73. The minimum Gasteiger partial charge on any atom is -0.508 e. The first-order valence-electron chi connectivity index (χ1n) is 8.39. The van der Waals surface area contributed by atoms with Crippen molar-refractivity contribution < 1.29 is 29.3 Å². The van der Waals surface area contributed by atoms with Crippen LogP contribution in [0.2, 0.25) is 0 Å². The number of benzene rings is 1. The van der Waals surface area contributed by atoms with Crippen LogP contribution in [-0.2, 0) is 19.1 Å². The lowest BCUT2D eigenvalue weighted by Crippen LogP contribution is -2.34. The number of dihydropyridines is 1. The van der Waals surface area contributed by atoms with Crippen molar-refractivity contribution in [2.75, 3.05) is 19.8 Å². The Hall–Kier alpha value is -2.80. The van der Waals surface area contributed by atoms with Crippen LogP contribution < -0.4 is 5.32 Å². The van der Waals surface area contributed by atoms with E-state index in [1.54, 1.807) is 32.9 Å². The van der Waals surface area contributed by atoms with Gasteiger partial charge in [0.05, 0.1) is 42.6 Å². The third kappa shape index (κ3) is 3.88. The fraction of sp³-hybridized carbons (Fsp3) is 0.368. The highest BCUT2D eigenvalue weighted by Gasteiger charge is 2.38. The summed E-state index contributed by atoms with van der Waals surface area (Å²) in [6.45, 7) is 4.91. The zero-order chi connectivity index (χ0) is 19.3. The van der Waals surface area contributed by atoms with Gasteiger partial charge in [0.15, 0.2) is 0 Å². The Morgan fingerprint density at radius 3 is 2.27 bits per heavy atom. The summed E-state index contributed by atoms with van der Waals surface area (Å²) >= 11 is 0. The van der Waals surface area contributed by atoms with Crippen LogP contribution in [-0.4, -0.2) is 42.0 Å². The minimum atomic E-state index is -0.830. The first kappa shape index (κ1) is 19.5. The molecule has 0 spiro atoms. The summed E-state index contributed by atoms with van der Waals surface area (Å²) in [7, 11) is 0. The summed E-state index contributed by atoms with van der Waals surface area (Å²) in [5.41, 5.74) is 1.59. The SMILES string of the molecule is CCOC(=O)C1=C(C)NC(CO)=C(C(=O)OCC)C1c1cccc(O)c1. The number of phenolic OH excluding ortho intramolecular Hbond substituents is 1. The molecule has 0 saturated heterocycles. The number of aliphatic hydroxyl groups excluding tert-OH is 1. The van der Waals surface area contributed by atoms with Gasteiger partial charge in [-0.25, -0.2) is 9.59 Å². The van der Waals surface area contributed by atoms with Gasteiger partial charge in [0, 0.05) is 5.70 Å². The average molecular weight is 361 g/mol. The van der Waals surface area contributed by atoms with Crippen molar-refractivity contribution in [1.29, 1.82) is 0 Å². The van der Waals surface area contributed by atoms with E-state index in [1.807, 2.05) is 0 Å². The van der Waals surface area contributed by atoms with Gasteiger partial charge in [0.1, 0.15) is 5.75 Å². The first-order chi connectivity index (χ1) is 12.4. The summed E-state index contributed by atoms with van der Waals surface area (Å²) in [6, 6.07) is 6.27. The topological polar surface area (TPSA) is 105 Å². The number of nitrogens with one attached hydrogen (secondary N) is 1. The number of phenols is 1. The highest BCUT2D eigenvalue weighted by Crippen LogP contribution is 2.40. The van der Waals surface area contributed by atoms with Crippen molar-refractivity contribution in [2.24, 2.45) is 0 Å². The van der Waals surface area contributed by atoms with Crippen LogP contribution >= 0.6 is 0 Å². The fourth-order valence-corrected chi connectivity index (χ4v) is 2.99. The Morgan fingerprint density at radius 2 is 1.73 bits per heavy atom. The standard InChI is InChI=1S/C19H23NO6/c1-4-25-18(23)15-11(3)20-14(10-21)17(19(24)26-5-2)16(15)12-7-6-8-13(22)9-12/h6-9,16,20-22H,4-5,10H2,1-3H3. The third-order valence-electron chi connectivity index (χ3n) is 4.00. The predicted molar refractivity (Wildman–Crippen MR) is 94.1 cm³/mol. The van der Waals surface area contributed by atoms with Crippen molar-refractivity contribution in [2.45, 2.75) is 26.7 Å². The molecule has 7 heteroatoms. The maximum absolute atomic E-state index is 12.6. The molecule has 3 N–H and O–H groups in total. The lowest BCUT2D eigenvalue weighted by molar-refractivity contribution is -0.139. The second-order valence-corrected chi connectivity index (χ2v) is 5.68. The maximum Gasteiger partial charge on any atom is 0.336 e. The van der Waals surface area contributed by atoms with Crippen molar-refractivity contribution >= 4 is 11.9 Å². The number of esters is 2. The molecule has 1 heterocycles. The smallest absolute Gasteiger partial charge is 0.336 e. The highest BCUT2D eigenvalue weighted by atomic mass is 16.5. The zero-order valence-corrected chi connectivity index (χ0v) is 15.0. The van der Waals surface area contributed by atoms with Crippen molar-refractivity contribution in [3.63, 3.8) is 0 Å². The molecule has 1 aliphatic rings. The summed E-state index contributed by atoms with van der Waals surface area (Å²) in [4.78, 5) is 25.2. The number of allylic oxidation sites excluding steroid dienone is 1. The van der Waals surface area contributed by atoms with Crippen molar-refractivity contribution in [1.82, 2.24) is 5.32 Å². The molecular formula is C19H23NO6. The van der Waals surface area contributed by atoms with Gasteiger partial charge in [-0.15, -0.1) is 0 Å². The molecule has 140 valence electrons. The van der Waals surface area contributed by atoms with E-state index >= 15 is 0 Å². The molecule has 2 rings (SSSR count). The molecule has 0 aliphatic carbocycles. The van der Waals surface area contributed by atoms with Gasteiger partial charge < -0.3 is 25.0 Å². The van der Waals surface area contributed by atoms with Crippen LogP contribution in [0.4, 0.5) is 0 Å². The molecule has 0 bridgehead atoms. The Kier molecular flexibility index (Phi) is 6.41. The van der Waals surface area contributed by atoms with Crippen molar-refractivity contribution in [3.8, 4) is 5.75 Å². The molecule has 1 aliphatic heterocycles. The number of hydrogen-bond donors (Lipinski definition) is 3. The largest absolute Gasteiger partial charge is 0.508 e. The van der Waals surface area contributed by atoms with Gasteiger partial charge in [0.2, 0.25) is 0 Å². The van der Waals surface area contributed by atoms with Crippen LogP contribution in [0, 0.1) is 0 Å². The molecule has 1 unspecified atom stereocenters. The Morgan fingerprint density at radius 1 is 1.12 bits per heavy atom. The molecule has 1 atom stereocenters. The van der Waals surface area contributed by atoms with E-state index in [2.05, 4.69) is 5.32 Å². The lowest BCUT2D eigenvalue weighted by Gasteiger charge is -2.31. The minimum absolute atomic E-state index is 0.00403. The molecule has 7 nitrogen and oxygen atoms in total. The van der Waals surface area contributed by atoms with Gasteiger partial charge in [-0.05, 0) is 38.5 Å². The van der Waals surface area contributed by atoms with E-state index in [9.17, 15) is 19.8 Å². The quantitative estimate of drug-likeness (QED) is 0.663. The second-order valence-electron chi connectivity index (χ2n) is 5.68. The summed E-state index contributed by atoms with van der Waals surface area (Å²) in [6.07, 6.45) is 0. The number of aliphatic hydroxyl groups is 1. The van der Waals surface area contributed by atoms with Gasteiger partial charge in [-0.2, -0.15) is 0 Å². The number of carbonyl (C=O) groups excluding carboxylic acids is 2. The van der Waals surface area contributed by atoms with Crippen LogP contribution in [0.15, 0.2) is 46.8 Å². The number of rotatable bonds is 6. The molecular weight excluding hydrogens is 338 g/mol. The highest BCUT2D eigenvalue weighted by molar-refractivity contribution is 6.00. The van der Waals surface area contributed by atoms with Gasteiger partial charge in [-0.1, -0.05) is 12.1 Å². The number of ether oxygens (including phenoxy) is 2. The molecule has 1 aromatic carbocycles. The van der Waals surface area contributed by atoms with Crippen LogP contribution in [0.5, 0.6) is 5.75 Å². The van der Waals surface area contributed by atoms with E-state index in [0.717, 1.165) is 0 Å². The number of aromatic hydroxyl groups is 1. The molecule has 0 radical (unpaired) electrons. The van der Waals surface area contributed by atoms with Crippen LogP contribution in [0.1, 0.15) is 32.3 Å². The van der Waals surface area contributed by atoms with Gasteiger partial charge >= 0.3 is 11.9 Å².